The van der Waals surface area contributed by atoms with Gasteiger partial charge in [0.25, 0.3) is 5.91 Å². The quantitative estimate of drug-likeness (QED) is 0.784. The zero-order chi connectivity index (χ0) is 14.7. The van der Waals surface area contributed by atoms with Crippen LogP contribution in [0.3, 0.4) is 0 Å². The molecule has 3 nitrogen and oxygen atoms in total. The Morgan fingerprint density at radius 2 is 1.86 bits per heavy atom. The molecule has 104 valence electrons. The van der Waals surface area contributed by atoms with Crippen molar-refractivity contribution in [3.05, 3.63) is 76.4 Å². The second-order valence-corrected chi connectivity index (χ2v) is 5.51. The molecule has 0 aliphatic rings. The Morgan fingerprint density at radius 3 is 2.67 bits per heavy atom. The number of hydrogen-bond donors (Lipinski definition) is 1. The molecule has 0 atom stereocenters. The lowest BCUT2D eigenvalue weighted by Gasteiger charge is -2.09. The Bertz CT molecular complexity index is 787. The van der Waals surface area contributed by atoms with Crippen molar-refractivity contribution >= 4 is 32.7 Å². The average molecular weight is 341 g/mol. The third kappa shape index (κ3) is 2.95. The number of fused-ring (bicyclic) bond motifs is 1. The second-order valence-electron chi connectivity index (χ2n) is 4.65. The number of amides is 1. The van der Waals surface area contributed by atoms with E-state index < -0.39 is 0 Å². The summed E-state index contributed by atoms with van der Waals surface area (Å²) in [6, 6.07) is 17.1. The first kappa shape index (κ1) is 13.8. The lowest BCUT2D eigenvalue weighted by Crippen LogP contribution is -2.22. The summed E-state index contributed by atoms with van der Waals surface area (Å²) in [5.41, 5.74) is 2.56. The molecule has 1 heterocycles. The number of halogens is 1. The first-order valence-electron chi connectivity index (χ1n) is 6.61. The maximum absolute atomic E-state index is 12.1. The Kier molecular flexibility index (Phi) is 3.97. The largest absolute Gasteiger partial charge is 0.348 e. The van der Waals surface area contributed by atoms with Crippen molar-refractivity contribution in [1.29, 1.82) is 0 Å². The summed E-state index contributed by atoms with van der Waals surface area (Å²) < 4.78 is 1.00. The van der Waals surface area contributed by atoms with Crippen molar-refractivity contribution in [3.63, 3.8) is 0 Å². The van der Waals surface area contributed by atoms with Crippen LogP contribution in [-0.4, -0.2) is 10.9 Å². The molecule has 0 bridgehead atoms. The van der Waals surface area contributed by atoms with E-state index in [4.69, 9.17) is 0 Å². The van der Waals surface area contributed by atoms with Gasteiger partial charge in [-0.25, -0.2) is 0 Å². The van der Waals surface area contributed by atoms with E-state index in [2.05, 4.69) is 26.2 Å². The van der Waals surface area contributed by atoms with Gasteiger partial charge in [0.1, 0.15) is 0 Å². The van der Waals surface area contributed by atoms with Crippen molar-refractivity contribution in [2.24, 2.45) is 0 Å². The Hall–Kier alpha value is -2.20. The fraction of sp³-hybridized carbons (Fsp3) is 0.0588. The summed E-state index contributed by atoms with van der Waals surface area (Å²) in [7, 11) is 0. The first-order valence-corrected chi connectivity index (χ1v) is 7.40. The molecule has 0 saturated heterocycles. The third-order valence-electron chi connectivity index (χ3n) is 3.28. The smallest absolute Gasteiger partial charge is 0.251 e. The van der Waals surface area contributed by atoms with Crippen LogP contribution in [0.5, 0.6) is 0 Å². The maximum Gasteiger partial charge on any atom is 0.251 e. The Balaban J connectivity index is 1.83. The molecule has 1 amide bonds. The highest BCUT2D eigenvalue weighted by Gasteiger charge is 2.08. The van der Waals surface area contributed by atoms with Crippen LogP contribution >= 0.6 is 15.9 Å². The van der Waals surface area contributed by atoms with Crippen LogP contribution in [0.25, 0.3) is 10.9 Å². The van der Waals surface area contributed by atoms with Crippen LogP contribution in [0, 0.1) is 0 Å². The molecule has 3 aromatic rings. The molecule has 1 N–H and O–H groups in total. The fourth-order valence-electron chi connectivity index (χ4n) is 2.21. The number of carbonyl (C=O) groups excluding carboxylic acids is 1. The SMILES string of the molecule is O=C(NCc1ccc(Br)c2cccnc12)c1ccccc1. The summed E-state index contributed by atoms with van der Waals surface area (Å²) in [5, 5.41) is 3.98. The lowest BCUT2D eigenvalue weighted by molar-refractivity contribution is 0.0951. The van der Waals surface area contributed by atoms with Crippen molar-refractivity contribution in [2.45, 2.75) is 6.54 Å². The van der Waals surface area contributed by atoms with Gasteiger partial charge >= 0.3 is 0 Å². The number of hydrogen-bond acceptors (Lipinski definition) is 2. The summed E-state index contributed by atoms with van der Waals surface area (Å²) >= 11 is 3.52. The first-order chi connectivity index (χ1) is 10.3. The monoisotopic (exact) mass is 340 g/mol. The normalized spacial score (nSPS) is 10.5. The van der Waals surface area contributed by atoms with E-state index in [9.17, 15) is 4.79 Å². The highest BCUT2D eigenvalue weighted by atomic mass is 79.9. The van der Waals surface area contributed by atoms with Crippen LogP contribution in [0.1, 0.15) is 15.9 Å². The number of pyridine rings is 1. The van der Waals surface area contributed by atoms with E-state index in [1.807, 2.05) is 42.5 Å². The molecule has 0 aliphatic carbocycles. The minimum atomic E-state index is -0.0809. The minimum absolute atomic E-state index is 0.0809. The summed E-state index contributed by atoms with van der Waals surface area (Å²) in [5.74, 6) is -0.0809. The molecule has 0 unspecified atom stereocenters. The highest BCUT2D eigenvalue weighted by molar-refractivity contribution is 9.10. The van der Waals surface area contributed by atoms with Gasteiger partial charge in [0.15, 0.2) is 0 Å². The number of benzene rings is 2. The molecule has 4 heteroatoms. The van der Waals surface area contributed by atoms with E-state index in [0.717, 1.165) is 20.9 Å². The van der Waals surface area contributed by atoms with Crippen LogP contribution < -0.4 is 5.32 Å². The third-order valence-corrected chi connectivity index (χ3v) is 3.97. The number of carbonyl (C=O) groups is 1. The van der Waals surface area contributed by atoms with E-state index >= 15 is 0 Å². The molecule has 0 fully saturated rings. The van der Waals surface area contributed by atoms with Crippen molar-refractivity contribution < 1.29 is 4.79 Å². The van der Waals surface area contributed by atoms with Gasteiger partial charge in [-0.05, 0) is 29.8 Å². The molecular weight excluding hydrogens is 328 g/mol. The number of nitrogens with one attached hydrogen (secondary N) is 1. The summed E-state index contributed by atoms with van der Waals surface area (Å²) in [4.78, 5) is 16.5. The standard InChI is InChI=1S/C17H13BrN2O/c18-15-9-8-13(16-14(15)7-4-10-19-16)11-20-17(21)12-5-2-1-3-6-12/h1-10H,11H2,(H,20,21). The van der Waals surface area contributed by atoms with Gasteiger partial charge in [0.05, 0.1) is 5.52 Å². The predicted molar refractivity (Wildman–Crippen MR) is 87.1 cm³/mol. The van der Waals surface area contributed by atoms with Crippen LogP contribution in [-0.2, 0) is 6.54 Å². The van der Waals surface area contributed by atoms with Crippen molar-refractivity contribution in [3.8, 4) is 0 Å². The van der Waals surface area contributed by atoms with Gasteiger partial charge in [0, 0.05) is 28.2 Å². The molecular formula is C17H13BrN2O. The van der Waals surface area contributed by atoms with Gasteiger partial charge in [-0.1, -0.05) is 46.3 Å². The van der Waals surface area contributed by atoms with Gasteiger partial charge in [-0.2, -0.15) is 0 Å². The van der Waals surface area contributed by atoms with Gasteiger partial charge in [-0.3, -0.25) is 9.78 Å². The van der Waals surface area contributed by atoms with Crippen LogP contribution in [0.15, 0.2) is 65.3 Å². The molecule has 21 heavy (non-hydrogen) atoms. The summed E-state index contributed by atoms with van der Waals surface area (Å²) in [6.07, 6.45) is 1.76. The molecule has 0 radical (unpaired) electrons. The number of aromatic nitrogens is 1. The average Bonchev–Trinajstić information content (AvgIpc) is 2.55. The zero-order valence-electron chi connectivity index (χ0n) is 11.2. The van der Waals surface area contributed by atoms with E-state index in [0.29, 0.717) is 12.1 Å². The van der Waals surface area contributed by atoms with Gasteiger partial charge < -0.3 is 5.32 Å². The van der Waals surface area contributed by atoms with Crippen LogP contribution in [0.4, 0.5) is 0 Å². The number of rotatable bonds is 3. The van der Waals surface area contributed by atoms with E-state index in [1.165, 1.54) is 0 Å². The minimum Gasteiger partial charge on any atom is -0.348 e. The highest BCUT2D eigenvalue weighted by Crippen LogP contribution is 2.25. The molecule has 0 aliphatic heterocycles. The van der Waals surface area contributed by atoms with Crippen molar-refractivity contribution in [1.82, 2.24) is 10.3 Å². The lowest BCUT2D eigenvalue weighted by atomic mass is 10.1. The predicted octanol–water partition coefficient (Wildman–Crippen LogP) is 3.93. The van der Waals surface area contributed by atoms with Crippen LogP contribution in [0.2, 0.25) is 0 Å². The topological polar surface area (TPSA) is 42.0 Å². The van der Waals surface area contributed by atoms with Crippen molar-refractivity contribution in [2.75, 3.05) is 0 Å². The summed E-state index contributed by atoms with van der Waals surface area (Å²) in [6.45, 7) is 0.453. The maximum atomic E-state index is 12.1. The number of nitrogens with zero attached hydrogens (tertiary/aromatic N) is 1. The molecule has 3 rings (SSSR count). The van der Waals surface area contributed by atoms with E-state index in [1.54, 1.807) is 18.3 Å². The van der Waals surface area contributed by atoms with E-state index in [-0.39, 0.29) is 5.91 Å². The fourth-order valence-corrected chi connectivity index (χ4v) is 2.66. The molecule has 0 saturated carbocycles. The second kappa shape index (κ2) is 6.06. The Labute approximate surface area is 131 Å². The Morgan fingerprint density at radius 1 is 1.05 bits per heavy atom. The molecule has 1 aromatic heterocycles. The van der Waals surface area contributed by atoms with Gasteiger partial charge in [0.2, 0.25) is 0 Å². The zero-order valence-corrected chi connectivity index (χ0v) is 12.8. The van der Waals surface area contributed by atoms with Gasteiger partial charge in [-0.15, -0.1) is 0 Å². The molecule has 0 spiro atoms. The molecule has 2 aromatic carbocycles.